The lowest BCUT2D eigenvalue weighted by Crippen LogP contribution is -2.48. The summed E-state index contributed by atoms with van der Waals surface area (Å²) in [6.45, 7) is 0.0223. The van der Waals surface area contributed by atoms with Crippen LogP contribution in [0.3, 0.4) is 0 Å². The number of thiophene rings is 1. The fraction of sp³-hybridized carbons (Fsp3) is 0.333. The molecule has 5 rings (SSSR count). The highest BCUT2D eigenvalue weighted by molar-refractivity contribution is 7.15. The van der Waals surface area contributed by atoms with Gasteiger partial charge in [-0.1, -0.05) is 0 Å². The predicted molar refractivity (Wildman–Crippen MR) is 128 cm³/mol. The topological polar surface area (TPSA) is 96.5 Å². The third-order valence-electron chi connectivity index (χ3n) is 6.20. The fourth-order valence-electron chi connectivity index (χ4n) is 4.31. The number of rotatable bonds is 4. The van der Waals surface area contributed by atoms with Gasteiger partial charge in [-0.2, -0.15) is 26.3 Å². The number of aromatic nitrogens is 2. The Morgan fingerprint density at radius 3 is 2.58 bits per heavy atom. The number of fused-ring (bicyclic) bond motifs is 2. The summed E-state index contributed by atoms with van der Waals surface area (Å²) in [4.78, 5) is 34.3. The first-order chi connectivity index (χ1) is 18.8. The SMILES string of the molecule is O=C1NCCc2cc(Nc3nc(-c4cc5c(s4)CCN(C(=O)OC(C(F)(F)F)C(F)(F)F)C5)ncc3F)ccc21. The van der Waals surface area contributed by atoms with Gasteiger partial charge in [-0.15, -0.1) is 11.3 Å². The molecule has 40 heavy (non-hydrogen) atoms. The van der Waals surface area contributed by atoms with Crippen LogP contribution in [-0.4, -0.2) is 58.4 Å². The highest BCUT2D eigenvalue weighted by Gasteiger charge is 2.60. The van der Waals surface area contributed by atoms with Gasteiger partial charge < -0.3 is 20.3 Å². The first kappa shape index (κ1) is 27.6. The molecule has 0 radical (unpaired) electrons. The van der Waals surface area contributed by atoms with Gasteiger partial charge >= 0.3 is 18.4 Å². The third-order valence-corrected chi connectivity index (χ3v) is 7.43. The number of halogens is 7. The van der Waals surface area contributed by atoms with Crippen molar-refractivity contribution in [3.8, 4) is 10.7 Å². The molecule has 0 saturated carbocycles. The zero-order chi connectivity index (χ0) is 28.8. The lowest BCUT2D eigenvalue weighted by molar-refractivity contribution is -0.308. The van der Waals surface area contributed by atoms with Gasteiger partial charge in [0.2, 0.25) is 0 Å². The maximum atomic E-state index is 14.5. The molecule has 2 aliphatic heterocycles. The van der Waals surface area contributed by atoms with E-state index in [1.807, 2.05) is 0 Å². The van der Waals surface area contributed by atoms with Gasteiger partial charge in [-0.3, -0.25) is 4.79 Å². The zero-order valence-electron chi connectivity index (χ0n) is 20.1. The summed E-state index contributed by atoms with van der Waals surface area (Å²) in [5, 5.41) is 5.60. The summed E-state index contributed by atoms with van der Waals surface area (Å²) < 4.78 is 95.1. The maximum Gasteiger partial charge on any atom is 0.434 e. The van der Waals surface area contributed by atoms with Crippen LogP contribution in [0.25, 0.3) is 10.7 Å². The van der Waals surface area contributed by atoms with Crippen molar-refractivity contribution in [1.82, 2.24) is 20.2 Å². The smallest absolute Gasteiger partial charge is 0.426 e. The van der Waals surface area contributed by atoms with Crippen LogP contribution in [0.2, 0.25) is 0 Å². The first-order valence-electron chi connectivity index (χ1n) is 11.7. The summed E-state index contributed by atoms with van der Waals surface area (Å²) in [5.74, 6) is -0.980. The van der Waals surface area contributed by atoms with Crippen LogP contribution in [0.4, 0.5) is 47.0 Å². The molecule has 0 saturated heterocycles. The minimum absolute atomic E-state index is 0.115. The number of amides is 2. The molecule has 2 aliphatic rings. The number of hydrogen-bond acceptors (Lipinski definition) is 7. The van der Waals surface area contributed by atoms with Crippen LogP contribution < -0.4 is 10.6 Å². The average Bonchev–Trinajstić information content (AvgIpc) is 3.30. The number of carbonyl (C=O) groups is 2. The average molecular weight is 589 g/mol. The van der Waals surface area contributed by atoms with Gasteiger partial charge in [0.05, 0.1) is 17.6 Å². The molecule has 0 unspecified atom stereocenters. The zero-order valence-corrected chi connectivity index (χ0v) is 20.9. The van der Waals surface area contributed by atoms with E-state index in [2.05, 4.69) is 25.3 Å². The van der Waals surface area contributed by atoms with Gasteiger partial charge in [0.25, 0.3) is 12.0 Å². The maximum absolute atomic E-state index is 14.5. The molecule has 2 amide bonds. The van der Waals surface area contributed by atoms with Gasteiger partial charge in [0.15, 0.2) is 17.5 Å². The number of ether oxygens (including phenoxy) is 1. The second-order valence-electron chi connectivity index (χ2n) is 8.97. The van der Waals surface area contributed by atoms with Crippen molar-refractivity contribution < 1.29 is 45.1 Å². The Bertz CT molecular complexity index is 1460. The number of alkyl halides is 6. The van der Waals surface area contributed by atoms with Crippen LogP contribution in [0.5, 0.6) is 0 Å². The van der Waals surface area contributed by atoms with E-state index in [0.717, 1.165) is 21.5 Å². The van der Waals surface area contributed by atoms with Gasteiger partial charge in [0.1, 0.15) is 0 Å². The van der Waals surface area contributed by atoms with Gasteiger partial charge in [-0.05, 0) is 48.2 Å². The van der Waals surface area contributed by atoms with Gasteiger partial charge in [-0.25, -0.2) is 19.2 Å². The molecule has 0 aliphatic carbocycles. The first-order valence-corrected chi connectivity index (χ1v) is 12.5. The third kappa shape index (κ3) is 5.66. The van der Waals surface area contributed by atoms with Crippen molar-refractivity contribution in [2.45, 2.75) is 37.8 Å². The van der Waals surface area contributed by atoms with Crippen molar-refractivity contribution in [2.75, 3.05) is 18.4 Å². The predicted octanol–water partition coefficient (Wildman–Crippen LogP) is 5.36. The Hall–Kier alpha value is -3.95. The van der Waals surface area contributed by atoms with E-state index in [-0.39, 0.29) is 37.1 Å². The van der Waals surface area contributed by atoms with Crippen LogP contribution in [0.1, 0.15) is 26.4 Å². The molecule has 0 spiro atoms. The van der Waals surface area contributed by atoms with E-state index >= 15 is 0 Å². The molecule has 8 nitrogen and oxygen atoms in total. The van der Waals surface area contributed by atoms with Crippen molar-refractivity contribution >= 4 is 34.8 Å². The number of carbonyl (C=O) groups excluding carboxylic acids is 2. The van der Waals surface area contributed by atoms with Crippen LogP contribution >= 0.6 is 11.3 Å². The summed E-state index contributed by atoms with van der Waals surface area (Å²) in [5.41, 5.74) is 2.27. The number of anilines is 2. The van der Waals surface area contributed by atoms with Crippen molar-refractivity contribution in [3.05, 3.63) is 57.8 Å². The van der Waals surface area contributed by atoms with E-state index in [4.69, 9.17) is 0 Å². The van der Waals surface area contributed by atoms with E-state index in [9.17, 15) is 40.3 Å². The Morgan fingerprint density at radius 1 is 1.10 bits per heavy atom. The standard InChI is InChI=1S/C24H18F7N5O3S/c25-15-9-33-19(35-18(15)34-13-1-2-14-11(7-13)3-5-32-20(14)37)17-8-12-10-36(6-4-16(12)40-17)22(38)39-21(23(26,27)28)24(29,30)31/h1-2,7-9,21H,3-6,10H2,(H,32,37)(H,33,34,35). The number of nitrogens with zero attached hydrogens (tertiary/aromatic N) is 3. The van der Waals surface area contributed by atoms with Crippen LogP contribution in [0, 0.1) is 5.82 Å². The molecule has 1 aromatic carbocycles. The highest BCUT2D eigenvalue weighted by Crippen LogP contribution is 2.38. The minimum Gasteiger partial charge on any atom is -0.426 e. The molecule has 2 aromatic heterocycles. The molecule has 0 bridgehead atoms. The second kappa shape index (κ2) is 10.2. The van der Waals surface area contributed by atoms with Crippen LogP contribution in [-0.2, 0) is 24.1 Å². The fourth-order valence-corrected chi connectivity index (χ4v) is 5.41. The summed E-state index contributed by atoms with van der Waals surface area (Å²) in [7, 11) is 0. The number of benzene rings is 1. The Morgan fingerprint density at radius 2 is 1.85 bits per heavy atom. The molecule has 3 aromatic rings. The Labute approximate surface area is 225 Å². The molecule has 0 atom stereocenters. The van der Waals surface area contributed by atoms with Crippen LogP contribution in [0.15, 0.2) is 30.5 Å². The minimum atomic E-state index is -5.82. The molecule has 212 valence electrons. The number of nitrogens with one attached hydrogen (secondary N) is 2. The van der Waals surface area contributed by atoms with Crippen molar-refractivity contribution in [3.63, 3.8) is 0 Å². The quantitative estimate of drug-likeness (QED) is 0.398. The lowest BCUT2D eigenvalue weighted by atomic mass is 10.00. The molecular weight excluding hydrogens is 571 g/mol. The molecule has 16 heteroatoms. The van der Waals surface area contributed by atoms with Gasteiger partial charge in [0, 0.05) is 29.2 Å². The highest BCUT2D eigenvalue weighted by atomic mass is 32.1. The summed E-state index contributed by atoms with van der Waals surface area (Å²) >= 11 is 1.21. The summed E-state index contributed by atoms with van der Waals surface area (Å²) in [6, 6.07) is 6.47. The molecular formula is C24H18F7N5O3S. The molecule has 2 N–H and O–H groups in total. The number of hydrogen-bond donors (Lipinski definition) is 2. The van der Waals surface area contributed by atoms with E-state index in [1.54, 1.807) is 24.3 Å². The molecule has 0 fully saturated rings. The van der Waals surface area contributed by atoms with E-state index in [1.165, 1.54) is 11.3 Å². The van der Waals surface area contributed by atoms with E-state index in [0.29, 0.717) is 34.7 Å². The van der Waals surface area contributed by atoms with E-state index < -0.39 is 30.4 Å². The van der Waals surface area contributed by atoms with Crippen molar-refractivity contribution in [1.29, 1.82) is 0 Å². The van der Waals surface area contributed by atoms with Crippen molar-refractivity contribution in [2.24, 2.45) is 0 Å². The summed E-state index contributed by atoms with van der Waals surface area (Å²) in [6.07, 6.45) is -15.9. The largest absolute Gasteiger partial charge is 0.434 e. The Balaban J connectivity index is 1.32. The monoisotopic (exact) mass is 589 g/mol. The normalized spacial score (nSPS) is 15.4. The second-order valence-corrected chi connectivity index (χ2v) is 10.1. The Kier molecular flexibility index (Phi) is 7.06. The molecule has 4 heterocycles. The lowest BCUT2D eigenvalue weighted by Gasteiger charge is -2.29.